The van der Waals surface area contributed by atoms with Crippen molar-refractivity contribution in [2.24, 2.45) is 0 Å². The molecule has 176 valence electrons. The molecule has 34 heavy (non-hydrogen) atoms. The van der Waals surface area contributed by atoms with Crippen LogP contribution in [0.5, 0.6) is 17.4 Å². The molecule has 2 fully saturated rings. The van der Waals surface area contributed by atoms with E-state index in [0.717, 1.165) is 29.5 Å². The average molecular weight is 484 g/mol. The van der Waals surface area contributed by atoms with E-state index in [4.69, 9.17) is 9.47 Å². The lowest BCUT2D eigenvalue weighted by molar-refractivity contribution is -0.386. The van der Waals surface area contributed by atoms with E-state index in [2.05, 4.69) is 4.98 Å². The van der Waals surface area contributed by atoms with Gasteiger partial charge in [0.25, 0.3) is 17.0 Å². The first-order valence-corrected chi connectivity index (χ1v) is 11.2. The molecule has 0 atom stereocenters. The Hall–Kier alpha value is -3.93. The number of imide groups is 1. The zero-order valence-electron chi connectivity index (χ0n) is 18.1. The highest BCUT2D eigenvalue weighted by atomic mass is 32.2. The zero-order valence-corrected chi connectivity index (χ0v) is 18.9. The fourth-order valence-corrected chi connectivity index (χ4v) is 4.39. The summed E-state index contributed by atoms with van der Waals surface area (Å²) in [5.74, 6) is -0.538. The third-order valence-corrected chi connectivity index (χ3v) is 6.17. The molecule has 1 aromatic heterocycles. The third kappa shape index (κ3) is 4.86. The van der Waals surface area contributed by atoms with Gasteiger partial charge in [0.05, 0.1) is 16.9 Å². The van der Waals surface area contributed by atoms with Crippen LogP contribution in [0.25, 0.3) is 6.08 Å². The Morgan fingerprint density at radius 2 is 2.00 bits per heavy atom. The van der Waals surface area contributed by atoms with Crippen LogP contribution < -0.4 is 9.47 Å². The summed E-state index contributed by atoms with van der Waals surface area (Å²) in [6.07, 6.45) is 4.72. The molecule has 12 heteroatoms. The molecule has 1 aromatic carbocycles. The van der Waals surface area contributed by atoms with Crippen molar-refractivity contribution in [2.45, 2.75) is 12.8 Å². The van der Waals surface area contributed by atoms with E-state index in [9.17, 15) is 24.5 Å². The summed E-state index contributed by atoms with van der Waals surface area (Å²) >= 11 is 0.757. The molecular formula is C22H20N4O7S. The van der Waals surface area contributed by atoms with Gasteiger partial charge in [-0.1, -0.05) is 6.07 Å². The lowest BCUT2D eigenvalue weighted by Crippen LogP contribution is -2.40. The topological polar surface area (TPSA) is 132 Å². The van der Waals surface area contributed by atoms with Crippen molar-refractivity contribution in [3.8, 4) is 17.4 Å². The highest BCUT2D eigenvalue weighted by Crippen LogP contribution is 2.37. The van der Waals surface area contributed by atoms with Crippen LogP contribution in [0.4, 0.5) is 10.5 Å². The van der Waals surface area contributed by atoms with Crippen LogP contribution in [-0.2, 0) is 9.59 Å². The van der Waals surface area contributed by atoms with Gasteiger partial charge < -0.3 is 14.4 Å². The van der Waals surface area contributed by atoms with E-state index < -0.39 is 16.1 Å². The van der Waals surface area contributed by atoms with Crippen molar-refractivity contribution in [3.05, 3.63) is 57.1 Å². The standard InChI is InChI=1S/C22H20N4O7S/c1-32-17-11-14(6-7-16(17)33-20-15(26(30)31)5-4-8-23-20)12-18-21(28)25(22(29)34-18)13-19(27)24-9-2-3-10-24/h4-8,11-12H,2-3,9-10,13H2,1H3. The fourth-order valence-electron chi connectivity index (χ4n) is 3.55. The molecule has 0 N–H and O–H groups in total. The SMILES string of the molecule is COc1cc(C=C2SC(=O)N(CC(=O)N3CCCC3)C2=O)ccc1Oc1ncccc1[N+](=O)[O-]. The van der Waals surface area contributed by atoms with Gasteiger partial charge in [-0.3, -0.25) is 29.4 Å². The Morgan fingerprint density at radius 1 is 1.24 bits per heavy atom. The number of carbonyl (C=O) groups is 3. The number of ether oxygens (including phenoxy) is 2. The Labute approximate surface area is 198 Å². The first kappa shape index (κ1) is 23.2. The fraction of sp³-hybridized carbons (Fsp3) is 0.273. The summed E-state index contributed by atoms with van der Waals surface area (Å²) in [4.78, 5) is 54.7. The van der Waals surface area contributed by atoms with Gasteiger partial charge in [-0.25, -0.2) is 4.98 Å². The Balaban J connectivity index is 1.52. The van der Waals surface area contributed by atoms with E-state index in [0.29, 0.717) is 18.7 Å². The van der Waals surface area contributed by atoms with Crippen molar-refractivity contribution in [1.82, 2.24) is 14.8 Å². The molecule has 4 rings (SSSR count). The number of hydrogen-bond donors (Lipinski definition) is 0. The Kier molecular flexibility index (Phi) is 6.77. The zero-order chi connectivity index (χ0) is 24.2. The number of nitrogens with zero attached hydrogens (tertiary/aromatic N) is 4. The smallest absolute Gasteiger partial charge is 0.331 e. The summed E-state index contributed by atoms with van der Waals surface area (Å²) in [6, 6.07) is 7.39. The van der Waals surface area contributed by atoms with Gasteiger partial charge >= 0.3 is 5.69 Å². The Morgan fingerprint density at radius 3 is 2.71 bits per heavy atom. The summed E-state index contributed by atoms with van der Waals surface area (Å²) in [5, 5.41) is 10.7. The number of nitro groups is 1. The predicted molar refractivity (Wildman–Crippen MR) is 122 cm³/mol. The number of benzene rings is 1. The van der Waals surface area contributed by atoms with Crippen LogP contribution in [-0.4, -0.2) is 63.5 Å². The van der Waals surface area contributed by atoms with Gasteiger partial charge in [0.1, 0.15) is 6.54 Å². The molecule has 3 amide bonds. The second kappa shape index (κ2) is 9.91. The van der Waals surface area contributed by atoms with Crippen molar-refractivity contribution in [2.75, 3.05) is 26.7 Å². The summed E-state index contributed by atoms with van der Waals surface area (Å²) < 4.78 is 10.9. The van der Waals surface area contributed by atoms with Gasteiger partial charge in [-0.2, -0.15) is 0 Å². The molecule has 0 bridgehead atoms. The molecular weight excluding hydrogens is 464 g/mol. The van der Waals surface area contributed by atoms with Crippen LogP contribution in [0.2, 0.25) is 0 Å². The van der Waals surface area contributed by atoms with Crippen LogP contribution in [0.3, 0.4) is 0 Å². The molecule has 0 aliphatic carbocycles. The maximum absolute atomic E-state index is 12.8. The maximum Gasteiger partial charge on any atom is 0.331 e. The largest absolute Gasteiger partial charge is 0.493 e. The summed E-state index contributed by atoms with van der Waals surface area (Å²) in [7, 11) is 1.40. The first-order chi connectivity index (χ1) is 16.4. The van der Waals surface area contributed by atoms with E-state index in [1.807, 2.05) is 0 Å². The summed E-state index contributed by atoms with van der Waals surface area (Å²) in [5.41, 5.74) is 0.238. The molecule has 2 saturated heterocycles. The molecule has 0 spiro atoms. The van der Waals surface area contributed by atoms with Gasteiger partial charge in [0.15, 0.2) is 11.5 Å². The molecule has 2 aliphatic rings. The van der Waals surface area contributed by atoms with Gasteiger partial charge in [0.2, 0.25) is 5.91 Å². The number of aromatic nitrogens is 1. The number of hydrogen-bond acceptors (Lipinski definition) is 9. The van der Waals surface area contributed by atoms with E-state index >= 15 is 0 Å². The second-order valence-electron chi connectivity index (χ2n) is 7.45. The molecule has 2 aromatic rings. The lowest BCUT2D eigenvalue weighted by atomic mass is 10.2. The van der Waals surface area contributed by atoms with Crippen molar-refractivity contribution >= 4 is 40.6 Å². The molecule has 11 nitrogen and oxygen atoms in total. The third-order valence-electron chi connectivity index (χ3n) is 5.27. The number of methoxy groups -OCH3 is 1. The minimum absolute atomic E-state index is 0.176. The summed E-state index contributed by atoms with van der Waals surface area (Å²) in [6.45, 7) is 1.00. The Bertz CT molecular complexity index is 1190. The quantitative estimate of drug-likeness (QED) is 0.329. The van der Waals surface area contributed by atoms with Gasteiger partial charge in [0, 0.05) is 25.4 Å². The first-order valence-electron chi connectivity index (χ1n) is 10.4. The molecule has 0 unspecified atom stereocenters. The van der Waals surface area contributed by atoms with Gasteiger partial charge in [-0.05, 0) is 54.4 Å². The number of pyridine rings is 1. The highest BCUT2D eigenvalue weighted by molar-refractivity contribution is 8.18. The molecule has 0 radical (unpaired) electrons. The molecule has 2 aliphatic heterocycles. The normalized spacial score (nSPS) is 16.9. The van der Waals surface area contributed by atoms with E-state index in [1.54, 1.807) is 17.0 Å². The molecule has 0 saturated carbocycles. The second-order valence-corrected chi connectivity index (χ2v) is 8.45. The predicted octanol–water partition coefficient (Wildman–Crippen LogP) is 3.45. The number of likely N-dealkylation sites (tertiary alicyclic amines) is 1. The van der Waals surface area contributed by atoms with Crippen molar-refractivity contribution in [1.29, 1.82) is 0 Å². The highest BCUT2D eigenvalue weighted by Gasteiger charge is 2.37. The van der Waals surface area contributed by atoms with E-state index in [1.165, 1.54) is 37.6 Å². The number of carbonyl (C=O) groups excluding carboxylic acids is 3. The average Bonchev–Trinajstić information content (AvgIpc) is 3.45. The van der Waals surface area contributed by atoms with Crippen LogP contribution >= 0.6 is 11.8 Å². The van der Waals surface area contributed by atoms with Crippen LogP contribution in [0.1, 0.15) is 18.4 Å². The van der Waals surface area contributed by atoms with Gasteiger partial charge in [-0.15, -0.1) is 0 Å². The minimum atomic E-state index is -0.603. The molecule has 3 heterocycles. The number of thioether (sulfide) groups is 1. The van der Waals surface area contributed by atoms with Crippen LogP contribution in [0.15, 0.2) is 41.4 Å². The number of amides is 3. The van der Waals surface area contributed by atoms with E-state index in [-0.39, 0.29) is 40.4 Å². The minimum Gasteiger partial charge on any atom is -0.493 e. The van der Waals surface area contributed by atoms with Crippen molar-refractivity contribution in [3.63, 3.8) is 0 Å². The number of rotatable bonds is 7. The maximum atomic E-state index is 12.8. The van der Waals surface area contributed by atoms with Crippen molar-refractivity contribution < 1.29 is 28.8 Å². The monoisotopic (exact) mass is 484 g/mol. The lowest BCUT2D eigenvalue weighted by Gasteiger charge is -2.18. The van der Waals surface area contributed by atoms with Crippen LogP contribution in [0, 0.1) is 10.1 Å².